The van der Waals surface area contributed by atoms with Crippen LogP contribution in [0.2, 0.25) is 0 Å². The first-order chi connectivity index (χ1) is 12.7. The van der Waals surface area contributed by atoms with Gasteiger partial charge < -0.3 is 15.4 Å². The Balaban J connectivity index is 0.00000364. The van der Waals surface area contributed by atoms with Crippen LogP contribution in [0.15, 0.2) is 29.3 Å². The summed E-state index contributed by atoms with van der Waals surface area (Å²) in [7, 11) is 1.75. The van der Waals surface area contributed by atoms with Crippen molar-refractivity contribution < 1.29 is 4.74 Å². The molecule has 0 radical (unpaired) electrons. The van der Waals surface area contributed by atoms with Gasteiger partial charge in [0.05, 0.1) is 19.7 Å². The monoisotopic (exact) mass is 506 g/mol. The van der Waals surface area contributed by atoms with Crippen LogP contribution in [0.25, 0.3) is 0 Å². The molecule has 1 aromatic carbocycles. The summed E-state index contributed by atoms with van der Waals surface area (Å²) >= 11 is 1.84. The van der Waals surface area contributed by atoms with Crippen molar-refractivity contribution in [3.05, 3.63) is 29.8 Å². The molecule has 2 unspecified atom stereocenters. The van der Waals surface area contributed by atoms with Gasteiger partial charge in [0.1, 0.15) is 5.75 Å². The number of guanidine groups is 1. The van der Waals surface area contributed by atoms with E-state index >= 15 is 0 Å². The second-order valence-corrected chi connectivity index (χ2v) is 7.92. The first kappa shape index (κ1) is 24.4. The highest BCUT2D eigenvalue weighted by Gasteiger charge is 2.26. The van der Waals surface area contributed by atoms with Crippen molar-refractivity contribution >= 4 is 41.7 Å². The Labute approximate surface area is 186 Å². The SMILES string of the molecule is CCNC(=NCC(C)SC)NCC(c1ccccc1OC)N1CCCC1.I. The summed E-state index contributed by atoms with van der Waals surface area (Å²) in [5.41, 5.74) is 1.25. The minimum Gasteiger partial charge on any atom is -0.496 e. The number of hydrogen-bond acceptors (Lipinski definition) is 4. The van der Waals surface area contributed by atoms with Crippen molar-refractivity contribution in [3.63, 3.8) is 0 Å². The Morgan fingerprint density at radius 1 is 1.26 bits per heavy atom. The summed E-state index contributed by atoms with van der Waals surface area (Å²) in [6.07, 6.45) is 4.67. The molecular weight excluding hydrogens is 471 g/mol. The zero-order chi connectivity index (χ0) is 18.8. The number of ether oxygens (including phenoxy) is 1. The second-order valence-electron chi connectivity index (χ2n) is 6.65. The lowest BCUT2D eigenvalue weighted by Crippen LogP contribution is -2.43. The molecule has 0 saturated carbocycles. The molecule has 1 aliphatic rings. The number of halogens is 1. The molecule has 1 fully saturated rings. The quantitative estimate of drug-likeness (QED) is 0.304. The highest BCUT2D eigenvalue weighted by Crippen LogP contribution is 2.31. The normalized spacial score (nSPS) is 17.1. The van der Waals surface area contributed by atoms with Crippen LogP contribution in [0, 0.1) is 0 Å². The number of methoxy groups -OCH3 is 1. The molecule has 1 saturated heterocycles. The van der Waals surface area contributed by atoms with Crippen LogP contribution in [0.4, 0.5) is 0 Å². The van der Waals surface area contributed by atoms with Gasteiger partial charge in [-0.2, -0.15) is 11.8 Å². The lowest BCUT2D eigenvalue weighted by Gasteiger charge is -2.30. The second kappa shape index (κ2) is 13.5. The van der Waals surface area contributed by atoms with Gasteiger partial charge in [-0.15, -0.1) is 24.0 Å². The summed E-state index contributed by atoms with van der Waals surface area (Å²) in [5.74, 6) is 1.86. The molecule has 1 aromatic rings. The van der Waals surface area contributed by atoms with Gasteiger partial charge in [-0.3, -0.25) is 9.89 Å². The molecule has 2 rings (SSSR count). The van der Waals surface area contributed by atoms with Crippen molar-refractivity contribution in [3.8, 4) is 5.75 Å². The predicted molar refractivity (Wildman–Crippen MR) is 129 cm³/mol. The molecule has 27 heavy (non-hydrogen) atoms. The molecule has 0 spiro atoms. The number of thioether (sulfide) groups is 1. The fourth-order valence-corrected chi connectivity index (χ4v) is 3.48. The van der Waals surface area contributed by atoms with E-state index in [-0.39, 0.29) is 30.0 Å². The number of benzene rings is 1. The molecule has 2 atom stereocenters. The fourth-order valence-electron chi connectivity index (χ4n) is 3.26. The number of nitrogens with zero attached hydrogens (tertiary/aromatic N) is 2. The first-order valence-corrected chi connectivity index (χ1v) is 10.9. The zero-order valence-corrected chi connectivity index (χ0v) is 20.2. The number of para-hydroxylation sites is 1. The van der Waals surface area contributed by atoms with Gasteiger partial charge >= 0.3 is 0 Å². The van der Waals surface area contributed by atoms with E-state index in [0.717, 1.165) is 44.4 Å². The molecule has 2 N–H and O–H groups in total. The molecule has 0 bridgehead atoms. The maximum atomic E-state index is 5.63. The zero-order valence-electron chi connectivity index (χ0n) is 17.0. The van der Waals surface area contributed by atoms with E-state index in [9.17, 15) is 0 Å². The topological polar surface area (TPSA) is 48.9 Å². The molecule has 0 amide bonds. The average Bonchev–Trinajstić information content (AvgIpc) is 3.20. The summed E-state index contributed by atoms with van der Waals surface area (Å²) in [6, 6.07) is 8.66. The van der Waals surface area contributed by atoms with Crippen molar-refractivity contribution in [1.82, 2.24) is 15.5 Å². The molecular formula is C20H35IN4OS. The standard InChI is InChI=1S/C20H34N4OS.HI/c1-5-21-20(22-14-16(2)26-4)23-15-18(24-12-8-9-13-24)17-10-6-7-11-19(17)25-3;/h6-7,10-11,16,18H,5,8-9,12-15H2,1-4H3,(H2,21,22,23);1H. The molecule has 0 aliphatic carbocycles. The number of nitrogens with one attached hydrogen (secondary N) is 2. The van der Waals surface area contributed by atoms with Gasteiger partial charge in [0.25, 0.3) is 0 Å². The fraction of sp³-hybridized carbons (Fsp3) is 0.650. The molecule has 154 valence electrons. The molecule has 1 aliphatic heterocycles. The van der Waals surface area contributed by atoms with E-state index < -0.39 is 0 Å². The number of aliphatic imine (C=N–C) groups is 1. The van der Waals surface area contributed by atoms with Crippen LogP contribution in [-0.2, 0) is 0 Å². The van der Waals surface area contributed by atoms with E-state index in [0.29, 0.717) is 5.25 Å². The highest BCUT2D eigenvalue weighted by molar-refractivity contribution is 14.0. The molecule has 5 nitrogen and oxygen atoms in total. The van der Waals surface area contributed by atoms with E-state index in [1.54, 1.807) is 7.11 Å². The van der Waals surface area contributed by atoms with Crippen LogP contribution in [0.1, 0.15) is 38.3 Å². The first-order valence-electron chi connectivity index (χ1n) is 9.61. The van der Waals surface area contributed by atoms with Gasteiger partial charge in [-0.05, 0) is 45.2 Å². The van der Waals surface area contributed by atoms with Gasteiger partial charge in [0, 0.05) is 23.9 Å². The predicted octanol–water partition coefficient (Wildman–Crippen LogP) is 3.76. The Bertz CT molecular complexity index is 567. The smallest absolute Gasteiger partial charge is 0.191 e. The van der Waals surface area contributed by atoms with Crippen molar-refractivity contribution in [2.75, 3.05) is 46.1 Å². The Morgan fingerprint density at radius 2 is 1.96 bits per heavy atom. The third-order valence-corrected chi connectivity index (χ3v) is 5.75. The van der Waals surface area contributed by atoms with Crippen LogP contribution >= 0.6 is 35.7 Å². The Kier molecular flexibility index (Phi) is 12.2. The lowest BCUT2D eigenvalue weighted by molar-refractivity contribution is 0.239. The minimum atomic E-state index is 0. The number of likely N-dealkylation sites (tertiary alicyclic amines) is 1. The maximum absolute atomic E-state index is 5.63. The van der Waals surface area contributed by atoms with Crippen molar-refractivity contribution in [2.24, 2.45) is 4.99 Å². The molecule has 7 heteroatoms. The third-order valence-electron chi connectivity index (χ3n) is 4.80. The highest BCUT2D eigenvalue weighted by atomic mass is 127. The van der Waals surface area contributed by atoms with Gasteiger partial charge in [-0.1, -0.05) is 25.1 Å². The van der Waals surface area contributed by atoms with Crippen LogP contribution in [0.5, 0.6) is 5.75 Å². The largest absolute Gasteiger partial charge is 0.496 e. The number of hydrogen-bond donors (Lipinski definition) is 2. The van der Waals surface area contributed by atoms with Crippen molar-refractivity contribution in [1.29, 1.82) is 0 Å². The van der Waals surface area contributed by atoms with Gasteiger partial charge in [-0.25, -0.2) is 0 Å². The summed E-state index contributed by atoms with van der Waals surface area (Å²) < 4.78 is 5.63. The molecule has 0 aromatic heterocycles. The lowest BCUT2D eigenvalue weighted by atomic mass is 10.0. The summed E-state index contributed by atoms with van der Waals surface area (Å²) in [6.45, 7) is 9.10. The maximum Gasteiger partial charge on any atom is 0.191 e. The van der Waals surface area contributed by atoms with Crippen molar-refractivity contribution in [2.45, 2.75) is 38.0 Å². The Hall–Kier alpha value is -0.670. The van der Waals surface area contributed by atoms with Gasteiger partial charge in [0.2, 0.25) is 0 Å². The van der Waals surface area contributed by atoms with E-state index in [2.05, 4.69) is 53.8 Å². The van der Waals surface area contributed by atoms with E-state index in [1.807, 2.05) is 17.8 Å². The minimum absolute atomic E-state index is 0. The summed E-state index contributed by atoms with van der Waals surface area (Å²) in [4.78, 5) is 7.30. The molecule has 1 heterocycles. The van der Waals surface area contributed by atoms with Crippen LogP contribution < -0.4 is 15.4 Å². The van der Waals surface area contributed by atoms with Crippen LogP contribution in [0.3, 0.4) is 0 Å². The number of rotatable bonds is 9. The average molecular weight is 506 g/mol. The summed E-state index contributed by atoms with van der Waals surface area (Å²) in [5, 5.41) is 7.45. The van der Waals surface area contributed by atoms with Gasteiger partial charge in [0.15, 0.2) is 5.96 Å². The van der Waals surface area contributed by atoms with E-state index in [4.69, 9.17) is 9.73 Å². The Morgan fingerprint density at radius 3 is 2.59 bits per heavy atom. The van der Waals surface area contributed by atoms with Crippen LogP contribution in [-0.4, -0.2) is 62.2 Å². The third kappa shape index (κ3) is 7.69. The van der Waals surface area contributed by atoms with E-state index in [1.165, 1.54) is 18.4 Å².